The number of rotatable bonds is 8. The van der Waals surface area contributed by atoms with Gasteiger partial charge in [0.15, 0.2) is 23.8 Å². The molecule has 2 rings (SSSR count). The quantitative estimate of drug-likeness (QED) is 0.0887. The summed E-state index contributed by atoms with van der Waals surface area (Å²) in [7, 11) is 0. The molecule has 0 saturated heterocycles. The molecule has 2 aliphatic rings. The number of hydrogen-bond acceptors (Lipinski definition) is 0. The van der Waals surface area contributed by atoms with Gasteiger partial charge in [-0.3, -0.25) is 0 Å². The molecule has 0 N–H and O–H groups in total. The molecule has 0 radical (unpaired) electrons. The summed E-state index contributed by atoms with van der Waals surface area (Å²) >= 11 is 8.40. The Balaban J connectivity index is 2.79. The first-order chi connectivity index (χ1) is 15.4. The van der Waals surface area contributed by atoms with Crippen molar-refractivity contribution in [3.63, 3.8) is 0 Å². The average Bonchev–Trinajstić information content (AvgIpc) is 2.73. The molecule has 0 heterocycles. The van der Waals surface area contributed by atoms with Crippen molar-refractivity contribution < 1.29 is 9.15 Å². The predicted molar refractivity (Wildman–Crippen MR) is 152 cm³/mol. The van der Waals surface area contributed by atoms with Crippen molar-refractivity contribution in [1.82, 2.24) is 0 Å². The summed E-state index contributed by atoms with van der Waals surface area (Å²) in [6.45, 7) is 23.0. The van der Waals surface area contributed by atoms with Crippen LogP contribution in [0.1, 0.15) is 82.1 Å². The second kappa shape index (κ2) is 11.8. The van der Waals surface area contributed by atoms with Crippen LogP contribution in [-0.4, -0.2) is 25.1 Å². The van der Waals surface area contributed by atoms with Crippen LogP contribution in [0.25, 0.3) is 0 Å². The lowest BCUT2D eigenvalue weighted by molar-refractivity contribution is -0.719. The van der Waals surface area contributed by atoms with Gasteiger partial charge >= 0.3 is 3.48 Å². The molecule has 0 saturated carbocycles. The molecule has 0 aromatic carbocycles. The highest BCUT2D eigenvalue weighted by atomic mass is 79.9. The summed E-state index contributed by atoms with van der Waals surface area (Å²) < 4.78 is 4.29. The number of halogens is 2. The van der Waals surface area contributed by atoms with Crippen LogP contribution in [0.4, 0.5) is 0 Å². The zero-order chi connectivity index (χ0) is 25.1. The SMILES string of the molecule is C/C=[N+](\C1=C(C(C)C)C=CCC1C(C)C)C(Br)(Br)/[N+](=C/C)C1=C(C(C)C)C=CC[C@H]1C(C)C. The van der Waals surface area contributed by atoms with E-state index < -0.39 is 3.48 Å². The molecule has 0 aliphatic heterocycles. The molecular weight excluding hydrogens is 536 g/mol. The minimum atomic E-state index is -0.592. The largest absolute Gasteiger partial charge is 0.470 e. The van der Waals surface area contributed by atoms with Crippen molar-refractivity contribution >= 4 is 44.3 Å². The van der Waals surface area contributed by atoms with Crippen molar-refractivity contribution in [1.29, 1.82) is 0 Å². The average molecular weight is 583 g/mol. The first kappa shape index (κ1) is 28.5. The lowest BCUT2D eigenvalue weighted by Gasteiger charge is -2.32. The molecule has 0 bridgehead atoms. The summed E-state index contributed by atoms with van der Waals surface area (Å²) in [4.78, 5) is 0. The van der Waals surface area contributed by atoms with Crippen LogP contribution >= 0.6 is 31.9 Å². The van der Waals surface area contributed by atoms with Crippen LogP contribution in [-0.2, 0) is 0 Å². The fourth-order valence-corrected chi connectivity index (χ4v) is 6.87. The van der Waals surface area contributed by atoms with E-state index in [1.54, 1.807) is 0 Å². The summed E-state index contributed by atoms with van der Waals surface area (Å²) in [6, 6.07) is 0. The van der Waals surface area contributed by atoms with Gasteiger partial charge in [-0.1, -0.05) is 79.7 Å². The van der Waals surface area contributed by atoms with Crippen molar-refractivity contribution in [3.05, 3.63) is 46.8 Å². The van der Waals surface area contributed by atoms with E-state index in [1.165, 1.54) is 22.5 Å². The molecule has 0 amide bonds. The van der Waals surface area contributed by atoms with Crippen molar-refractivity contribution in [2.45, 2.75) is 85.6 Å². The standard InChI is InChI=1S/C29H46Br2N2/c1-11-32(27-23(19(3)4)15-13-16-24(27)20(5)6)29(30,31)33(12-2)28-25(21(7)8)17-14-18-26(28)22(9)10/h11-15,17,19-22,24,26H,16,18H2,1-10H3/q+2/b32-11+,33-12+/t24-,26?/m0/s1. The highest BCUT2D eigenvalue weighted by Crippen LogP contribution is 2.45. The van der Waals surface area contributed by atoms with E-state index in [0.717, 1.165) is 12.8 Å². The molecule has 33 heavy (non-hydrogen) atoms. The Kier molecular flexibility index (Phi) is 10.2. The van der Waals surface area contributed by atoms with Gasteiger partial charge in [0.25, 0.3) is 0 Å². The molecule has 1 unspecified atom stereocenters. The molecule has 0 fully saturated rings. The highest BCUT2D eigenvalue weighted by molar-refractivity contribution is 9.25. The molecule has 2 aliphatic carbocycles. The first-order valence-electron chi connectivity index (χ1n) is 12.8. The normalized spacial score (nSPS) is 23.3. The van der Waals surface area contributed by atoms with Crippen LogP contribution in [0.15, 0.2) is 46.8 Å². The Morgan fingerprint density at radius 3 is 1.30 bits per heavy atom. The van der Waals surface area contributed by atoms with Gasteiger partial charge in [0.1, 0.15) is 0 Å². The van der Waals surface area contributed by atoms with E-state index in [-0.39, 0.29) is 0 Å². The van der Waals surface area contributed by atoms with Crippen molar-refractivity contribution in [3.8, 4) is 0 Å². The number of alkyl halides is 2. The molecule has 0 aromatic heterocycles. The topological polar surface area (TPSA) is 6.02 Å². The van der Waals surface area contributed by atoms with Gasteiger partial charge < -0.3 is 0 Å². The molecule has 2 nitrogen and oxygen atoms in total. The second-order valence-corrected chi connectivity index (χ2v) is 14.0. The van der Waals surface area contributed by atoms with Crippen LogP contribution < -0.4 is 0 Å². The van der Waals surface area contributed by atoms with E-state index in [1.807, 2.05) is 0 Å². The van der Waals surface area contributed by atoms with Crippen LogP contribution in [0, 0.1) is 35.5 Å². The Morgan fingerprint density at radius 1 is 0.727 bits per heavy atom. The molecule has 2 atom stereocenters. The zero-order valence-corrected chi connectivity index (χ0v) is 25.7. The maximum Gasteiger partial charge on any atom is 0.470 e. The smallest absolute Gasteiger partial charge is 0.123 e. The van der Waals surface area contributed by atoms with E-state index in [0.29, 0.717) is 35.5 Å². The zero-order valence-electron chi connectivity index (χ0n) is 22.5. The Hall–Kier alpha value is -0.740. The lowest BCUT2D eigenvalue weighted by atomic mass is 9.80. The number of allylic oxidation sites excluding steroid dienone is 8. The van der Waals surface area contributed by atoms with E-state index in [9.17, 15) is 0 Å². The predicted octanol–water partition coefficient (Wildman–Crippen LogP) is 8.88. The third-order valence-electron chi connectivity index (χ3n) is 7.14. The third kappa shape index (κ3) is 5.92. The van der Waals surface area contributed by atoms with Gasteiger partial charge in [-0.25, -0.2) is 0 Å². The van der Waals surface area contributed by atoms with Gasteiger partial charge in [-0.15, -0.1) is 9.15 Å². The molecule has 0 aromatic rings. The molecule has 4 heteroatoms. The maximum absolute atomic E-state index is 4.20. The monoisotopic (exact) mass is 580 g/mol. The maximum atomic E-state index is 4.20. The minimum absolute atomic E-state index is 0.460. The molecule has 184 valence electrons. The number of hydrogen-bond donors (Lipinski definition) is 0. The van der Waals surface area contributed by atoms with Gasteiger partial charge in [0.2, 0.25) is 0 Å². The van der Waals surface area contributed by atoms with Crippen LogP contribution in [0.3, 0.4) is 0 Å². The Morgan fingerprint density at radius 2 is 1.06 bits per heavy atom. The third-order valence-corrected chi connectivity index (χ3v) is 8.67. The molecular formula is C29H46Br2N2+2. The van der Waals surface area contributed by atoms with E-state index in [2.05, 4.69) is 147 Å². The van der Waals surface area contributed by atoms with Crippen molar-refractivity contribution in [2.75, 3.05) is 0 Å². The fourth-order valence-electron chi connectivity index (χ4n) is 5.29. The summed E-state index contributed by atoms with van der Waals surface area (Å²) in [5.74, 6) is 2.98. The van der Waals surface area contributed by atoms with E-state index in [4.69, 9.17) is 0 Å². The van der Waals surface area contributed by atoms with E-state index >= 15 is 0 Å². The Bertz CT molecular complexity index is 821. The lowest BCUT2D eigenvalue weighted by Crippen LogP contribution is -2.46. The van der Waals surface area contributed by atoms with Gasteiger partial charge in [-0.2, -0.15) is 0 Å². The Labute approximate surface area is 220 Å². The van der Waals surface area contributed by atoms with Crippen LogP contribution in [0.5, 0.6) is 0 Å². The first-order valence-corrected chi connectivity index (χ1v) is 14.3. The summed E-state index contributed by atoms with van der Waals surface area (Å²) in [5, 5.41) is 0. The van der Waals surface area contributed by atoms with Gasteiger partial charge in [-0.05, 0) is 36.5 Å². The second-order valence-electron chi connectivity index (χ2n) is 10.7. The summed E-state index contributed by atoms with van der Waals surface area (Å²) in [6.07, 6.45) is 16.1. The fraction of sp³-hybridized carbons (Fsp3) is 0.655. The van der Waals surface area contributed by atoms with Gasteiger partial charge in [0.05, 0.1) is 43.7 Å². The van der Waals surface area contributed by atoms with Crippen molar-refractivity contribution in [2.24, 2.45) is 35.5 Å². The van der Waals surface area contributed by atoms with Gasteiger partial charge in [0, 0.05) is 25.0 Å². The van der Waals surface area contributed by atoms with Crippen LogP contribution in [0.2, 0.25) is 0 Å². The molecule has 0 spiro atoms. The minimum Gasteiger partial charge on any atom is -0.123 e. The number of nitrogens with zero attached hydrogens (tertiary/aromatic N) is 2. The summed E-state index contributed by atoms with van der Waals surface area (Å²) in [5.41, 5.74) is 5.70. The highest BCUT2D eigenvalue weighted by Gasteiger charge is 2.54.